The van der Waals surface area contributed by atoms with Crippen LogP contribution in [0.3, 0.4) is 0 Å². The molecule has 0 aliphatic heterocycles. The van der Waals surface area contributed by atoms with Crippen LogP contribution in [0.15, 0.2) is 24.3 Å². The second-order valence-electron chi connectivity index (χ2n) is 3.56. The number of benzene rings is 1. The SMILES string of the molecule is FC(F)(F)CCCCCc1[c]cccc1. The van der Waals surface area contributed by atoms with Gasteiger partial charge in [0.1, 0.15) is 0 Å². The second-order valence-corrected chi connectivity index (χ2v) is 3.56. The lowest BCUT2D eigenvalue weighted by Gasteiger charge is -2.05. The number of hydrogen-bond acceptors (Lipinski definition) is 0. The Hall–Kier alpha value is -0.990. The molecule has 1 rings (SSSR count). The summed E-state index contributed by atoms with van der Waals surface area (Å²) in [5.41, 5.74) is 1.07. The molecule has 3 heteroatoms. The van der Waals surface area contributed by atoms with Gasteiger partial charge in [0.15, 0.2) is 0 Å². The predicted octanol–water partition coefficient (Wildman–Crippen LogP) is 4.15. The van der Waals surface area contributed by atoms with E-state index in [1.165, 1.54) is 0 Å². The molecule has 0 unspecified atom stereocenters. The molecule has 0 spiro atoms. The smallest absolute Gasteiger partial charge is 0.171 e. The fourth-order valence-corrected chi connectivity index (χ4v) is 1.40. The third-order valence-electron chi connectivity index (χ3n) is 2.18. The van der Waals surface area contributed by atoms with Gasteiger partial charge in [-0.25, -0.2) is 0 Å². The molecule has 0 amide bonds. The standard InChI is InChI=1S/C12H14F3/c13-12(14,15)10-6-2-5-9-11-7-3-1-4-8-11/h1,3-4,7H,2,5-6,9-10H2. The van der Waals surface area contributed by atoms with E-state index in [1.54, 1.807) is 0 Å². The highest BCUT2D eigenvalue weighted by Gasteiger charge is 2.25. The van der Waals surface area contributed by atoms with Crippen LogP contribution in [0.1, 0.15) is 31.2 Å². The molecule has 0 heterocycles. The predicted molar refractivity (Wildman–Crippen MR) is 53.5 cm³/mol. The van der Waals surface area contributed by atoms with Crippen LogP contribution in [0.25, 0.3) is 0 Å². The zero-order valence-corrected chi connectivity index (χ0v) is 8.48. The maximum Gasteiger partial charge on any atom is 0.389 e. The third kappa shape index (κ3) is 6.15. The van der Waals surface area contributed by atoms with Gasteiger partial charge in [0.05, 0.1) is 0 Å². The van der Waals surface area contributed by atoms with Crippen molar-refractivity contribution in [2.45, 2.75) is 38.3 Å². The average molecular weight is 215 g/mol. The van der Waals surface area contributed by atoms with Crippen molar-refractivity contribution in [3.63, 3.8) is 0 Å². The first-order valence-corrected chi connectivity index (χ1v) is 5.10. The van der Waals surface area contributed by atoms with E-state index in [9.17, 15) is 13.2 Å². The Labute approximate surface area is 88.1 Å². The van der Waals surface area contributed by atoms with E-state index in [2.05, 4.69) is 6.07 Å². The van der Waals surface area contributed by atoms with E-state index >= 15 is 0 Å². The van der Waals surface area contributed by atoms with E-state index in [0.29, 0.717) is 6.42 Å². The number of aryl methyl sites for hydroxylation is 1. The summed E-state index contributed by atoms with van der Waals surface area (Å²) in [5, 5.41) is 0. The summed E-state index contributed by atoms with van der Waals surface area (Å²) in [6.45, 7) is 0. The van der Waals surface area contributed by atoms with E-state index in [1.807, 2.05) is 24.3 Å². The second kappa shape index (κ2) is 5.79. The number of hydrogen-bond donors (Lipinski definition) is 0. The van der Waals surface area contributed by atoms with Crippen LogP contribution in [0.5, 0.6) is 0 Å². The van der Waals surface area contributed by atoms with Crippen molar-refractivity contribution < 1.29 is 13.2 Å². The zero-order valence-electron chi connectivity index (χ0n) is 8.48. The van der Waals surface area contributed by atoms with Gasteiger partial charge < -0.3 is 0 Å². The molecule has 0 saturated heterocycles. The maximum absolute atomic E-state index is 11.8. The lowest BCUT2D eigenvalue weighted by atomic mass is 10.1. The summed E-state index contributed by atoms with van der Waals surface area (Å²) in [7, 11) is 0. The Balaban J connectivity index is 2.08. The molecule has 0 fully saturated rings. The van der Waals surface area contributed by atoms with Crippen LogP contribution in [0.2, 0.25) is 0 Å². The van der Waals surface area contributed by atoms with Crippen LogP contribution >= 0.6 is 0 Å². The first kappa shape index (κ1) is 12.1. The molecule has 0 N–H and O–H groups in total. The molecule has 0 aliphatic carbocycles. The van der Waals surface area contributed by atoms with Crippen molar-refractivity contribution in [1.82, 2.24) is 0 Å². The van der Waals surface area contributed by atoms with E-state index in [-0.39, 0.29) is 6.42 Å². The average Bonchev–Trinajstić information content (AvgIpc) is 2.17. The van der Waals surface area contributed by atoms with Gasteiger partial charge in [-0.3, -0.25) is 0 Å². The van der Waals surface area contributed by atoms with Gasteiger partial charge in [-0.2, -0.15) is 13.2 Å². The van der Waals surface area contributed by atoms with Crippen LogP contribution in [-0.4, -0.2) is 6.18 Å². The Kier molecular flexibility index (Phi) is 4.66. The lowest BCUT2D eigenvalue weighted by molar-refractivity contribution is -0.135. The summed E-state index contributed by atoms with van der Waals surface area (Å²) in [4.78, 5) is 0. The number of alkyl halides is 3. The van der Waals surface area contributed by atoms with E-state index < -0.39 is 12.6 Å². The first-order chi connectivity index (χ1) is 7.08. The molecule has 1 radical (unpaired) electrons. The normalized spacial score (nSPS) is 11.7. The van der Waals surface area contributed by atoms with Gasteiger partial charge in [0, 0.05) is 6.42 Å². The van der Waals surface area contributed by atoms with Crippen LogP contribution < -0.4 is 0 Å². The lowest BCUT2D eigenvalue weighted by Crippen LogP contribution is -2.06. The van der Waals surface area contributed by atoms with E-state index in [0.717, 1.165) is 18.4 Å². The summed E-state index contributed by atoms with van der Waals surface area (Å²) in [6, 6.07) is 10.6. The molecule has 0 nitrogen and oxygen atoms in total. The highest BCUT2D eigenvalue weighted by Crippen LogP contribution is 2.22. The van der Waals surface area contributed by atoms with Crippen molar-refractivity contribution in [2.75, 3.05) is 0 Å². The minimum absolute atomic E-state index is 0.232. The summed E-state index contributed by atoms with van der Waals surface area (Å²) < 4.78 is 35.4. The molecule has 83 valence electrons. The van der Waals surface area contributed by atoms with Crippen molar-refractivity contribution in [2.24, 2.45) is 0 Å². The first-order valence-electron chi connectivity index (χ1n) is 5.10. The van der Waals surface area contributed by atoms with Gasteiger partial charge in [0.2, 0.25) is 0 Å². The van der Waals surface area contributed by atoms with E-state index in [4.69, 9.17) is 0 Å². The Morgan fingerprint density at radius 1 is 1.07 bits per heavy atom. The molecule has 0 atom stereocenters. The molecular formula is C12H14F3. The van der Waals surface area contributed by atoms with Crippen LogP contribution in [-0.2, 0) is 6.42 Å². The zero-order chi connectivity index (χ0) is 11.1. The quantitative estimate of drug-likeness (QED) is 0.647. The van der Waals surface area contributed by atoms with Crippen LogP contribution in [0, 0.1) is 6.07 Å². The summed E-state index contributed by atoms with van der Waals surface area (Å²) in [5.74, 6) is 0. The largest absolute Gasteiger partial charge is 0.389 e. The van der Waals surface area contributed by atoms with Gasteiger partial charge in [-0.1, -0.05) is 30.7 Å². The molecule has 0 aliphatic rings. The van der Waals surface area contributed by atoms with Gasteiger partial charge in [0.25, 0.3) is 0 Å². The van der Waals surface area contributed by atoms with Gasteiger partial charge >= 0.3 is 6.18 Å². The van der Waals surface area contributed by atoms with Gasteiger partial charge in [-0.05, 0) is 30.9 Å². The summed E-state index contributed by atoms with van der Waals surface area (Å²) in [6.07, 6.45) is -2.18. The maximum atomic E-state index is 11.8. The third-order valence-corrected chi connectivity index (χ3v) is 2.18. The van der Waals surface area contributed by atoms with Gasteiger partial charge in [-0.15, -0.1) is 0 Å². The molecule has 0 aromatic heterocycles. The number of unbranched alkanes of at least 4 members (excludes halogenated alkanes) is 2. The minimum Gasteiger partial charge on any atom is -0.171 e. The minimum atomic E-state index is -4.00. The topological polar surface area (TPSA) is 0 Å². The van der Waals surface area contributed by atoms with Crippen molar-refractivity contribution in [1.29, 1.82) is 0 Å². The number of rotatable bonds is 5. The number of halogens is 3. The highest BCUT2D eigenvalue weighted by molar-refractivity contribution is 5.12. The van der Waals surface area contributed by atoms with Crippen molar-refractivity contribution in [3.8, 4) is 0 Å². The molecule has 1 aromatic carbocycles. The molecule has 0 bridgehead atoms. The Morgan fingerprint density at radius 3 is 2.47 bits per heavy atom. The van der Waals surface area contributed by atoms with Crippen LogP contribution in [0.4, 0.5) is 13.2 Å². The highest BCUT2D eigenvalue weighted by atomic mass is 19.4. The van der Waals surface area contributed by atoms with Crippen molar-refractivity contribution >= 4 is 0 Å². The molecule has 1 aromatic rings. The molecular weight excluding hydrogens is 201 g/mol. The Bertz CT molecular complexity index is 264. The fraction of sp³-hybridized carbons (Fsp3) is 0.500. The summed E-state index contributed by atoms with van der Waals surface area (Å²) >= 11 is 0. The van der Waals surface area contributed by atoms with Crippen molar-refractivity contribution in [3.05, 3.63) is 35.9 Å². The Morgan fingerprint density at radius 2 is 1.87 bits per heavy atom. The monoisotopic (exact) mass is 215 g/mol. The molecule has 15 heavy (non-hydrogen) atoms. The molecule has 0 saturated carbocycles. The fourth-order valence-electron chi connectivity index (χ4n) is 1.40.